The highest BCUT2D eigenvalue weighted by molar-refractivity contribution is 5.81. The molecular formula is C11H20FNO2. The van der Waals surface area contributed by atoms with Crippen molar-refractivity contribution in [2.75, 3.05) is 13.2 Å². The Kier molecular flexibility index (Phi) is 7.86. The summed E-state index contributed by atoms with van der Waals surface area (Å²) in [6, 6.07) is -0.377. The Balaban J connectivity index is 0.000000423. The van der Waals surface area contributed by atoms with Gasteiger partial charge in [0.05, 0.1) is 6.04 Å². The second-order valence-electron chi connectivity index (χ2n) is 3.57. The minimum absolute atomic E-state index is 0.377. The van der Waals surface area contributed by atoms with E-state index < -0.39 is 12.6 Å². The predicted molar refractivity (Wildman–Crippen MR) is 57.4 cm³/mol. The van der Waals surface area contributed by atoms with Crippen LogP contribution in [0, 0.1) is 0 Å². The van der Waals surface area contributed by atoms with Crippen LogP contribution in [0.5, 0.6) is 0 Å². The van der Waals surface area contributed by atoms with Crippen LogP contribution in [-0.2, 0) is 9.59 Å². The number of aldehydes is 1. The molecule has 0 aromatic heterocycles. The molecule has 1 fully saturated rings. The molecule has 1 rings (SSSR count). The van der Waals surface area contributed by atoms with E-state index in [1.807, 2.05) is 0 Å². The molecule has 4 heteroatoms. The number of likely N-dealkylation sites (tertiary alicyclic amines) is 1. The Morgan fingerprint density at radius 2 is 2.07 bits per heavy atom. The fraction of sp³-hybridized carbons (Fsp3) is 0.818. The standard InChI is InChI=1S/C7H10FNO2.C4H10/c8-4-7(11)9-3-1-2-6(9)5-10;1-3-4-2/h5-6H,1-4H2;3-4H2,1-2H3. The Morgan fingerprint density at radius 1 is 1.47 bits per heavy atom. The van der Waals surface area contributed by atoms with Gasteiger partial charge in [0.2, 0.25) is 0 Å². The molecule has 0 spiro atoms. The molecule has 0 radical (unpaired) electrons. The summed E-state index contributed by atoms with van der Waals surface area (Å²) in [7, 11) is 0. The van der Waals surface area contributed by atoms with Gasteiger partial charge in [-0.05, 0) is 12.8 Å². The smallest absolute Gasteiger partial charge is 0.254 e. The van der Waals surface area contributed by atoms with Crippen molar-refractivity contribution in [1.82, 2.24) is 4.90 Å². The predicted octanol–water partition coefficient (Wildman–Crippen LogP) is 1.95. The Hall–Kier alpha value is -0.930. The topological polar surface area (TPSA) is 37.4 Å². The van der Waals surface area contributed by atoms with Crippen molar-refractivity contribution in [3.63, 3.8) is 0 Å². The summed E-state index contributed by atoms with van der Waals surface area (Å²) in [4.78, 5) is 22.4. The number of hydrogen-bond acceptors (Lipinski definition) is 2. The number of hydrogen-bond donors (Lipinski definition) is 0. The van der Waals surface area contributed by atoms with Crippen LogP contribution in [0.1, 0.15) is 39.5 Å². The molecule has 1 saturated heterocycles. The van der Waals surface area contributed by atoms with Crippen molar-refractivity contribution in [3.05, 3.63) is 0 Å². The summed E-state index contributed by atoms with van der Waals surface area (Å²) >= 11 is 0. The van der Waals surface area contributed by atoms with E-state index in [-0.39, 0.29) is 6.04 Å². The lowest BCUT2D eigenvalue weighted by atomic mass is 10.2. The van der Waals surface area contributed by atoms with Crippen LogP contribution in [0.4, 0.5) is 4.39 Å². The molecule has 1 aliphatic rings. The maximum absolute atomic E-state index is 11.8. The van der Waals surface area contributed by atoms with Crippen molar-refractivity contribution in [2.24, 2.45) is 0 Å². The first-order chi connectivity index (χ1) is 7.21. The highest BCUT2D eigenvalue weighted by Crippen LogP contribution is 2.14. The van der Waals surface area contributed by atoms with Gasteiger partial charge in [-0.3, -0.25) is 4.79 Å². The third-order valence-electron chi connectivity index (χ3n) is 2.39. The lowest BCUT2D eigenvalue weighted by Gasteiger charge is -2.17. The maximum atomic E-state index is 11.8. The number of carbonyl (C=O) groups is 2. The molecule has 88 valence electrons. The van der Waals surface area contributed by atoms with E-state index in [0.717, 1.165) is 6.42 Å². The molecule has 0 aromatic carbocycles. The molecule has 1 unspecified atom stereocenters. The molecule has 1 amide bonds. The number of alkyl halides is 1. The van der Waals surface area contributed by atoms with Crippen LogP contribution in [0.25, 0.3) is 0 Å². The molecule has 0 aromatic rings. The molecule has 3 nitrogen and oxygen atoms in total. The minimum atomic E-state index is -0.996. The normalized spacial score (nSPS) is 19.4. The monoisotopic (exact) mass is 217 g/mol. The van der Waals surface area contributed by atoms with E-state index in [1.54, 1.807) is 0 Å². The van der Waals surface area contributed by atoms with Crippen molar-refractivity contribution in [1.29, 1.82) is 0 Å². The van der Waals surface area contributed by atoms with Crippen LogP contribution in [0.3, 0.4) is 0 Å². The number of carbonyl (C=O) groups excluding carboxylic acids is 2. The quantitative estimate of drug-likeness (QED) is 0.678. The zero-order valence-corrected chi connectivity index (χ0v) is 9.54. The lowest BCUT2D eigenvalue weighted by molar-refractivity contribution is -0.135. The zero-order chi connectivity index (χ0) is 11.7. The van der Waals surface area contributed by atoms with Gasteiger partial charge in [0.15, 0.2) is 6.67 Å². The summed E-state index contributed by atoms with van der Waals surface area (Å²) in [6.45, 7) is 3.89. The molecular weight excluding hydrogens is 197 g/mol. The maximum Gasteiger partial charge on any atom is 0.254 e. The van der Waals surface area contributed by atoms with E-state index in [4.69, 9.17) is 0 Å². The highest BCUT2D eigenvalue weighted by atomic mass is 19.1. The largest absolute Gasteiger partial charge is 0.331 e. The van der Waals surface area contributed by atoms with Gasteiger partial charge in [-0.15, -0.1) is 0 Å². The number of amides is 1. The zero-order valence-electron chi connectivity index (χ0n) is 9.54. The molecule has 1 heterocycles. The van der Waals surface area contributed by atoms with Crippen LogP contribution < -0.4 is 0 Å². The second-order valence-corrected chi connectivity index (χ2v) is 3.57. The minimum Gasteiger partial charge on any atom is -0.331 e. The highest BCUT2D eigenvalue weighted by Gasteiger charge is 2.27. The average Bonchev–Trinajstić information content (AvgIpc) is 2.76. The summed E-state index contributed by atoms with van der Waals surface area (Å²) in [5.74, 6) is -0.570. The summed E-state index contributed by atoms with van der Waals surface area (Å²) in [6.07, 6.45) is 4.82. The van der Waals surface area contributed by atoms with Gasteiger partial charge in [-0.25, -0.2) is 4.39 Å². The van der Waals surface area contributed by atoms with Crippen LogP contribution in [0.15, 0.2) is 0 Å². The summed E-state index contributed by atoms with van der Waals surface area (Å²) < 4.78 is 11.8. The van der Waals surface area contributed by atoms with Crippen molar-refractivity contribution < 1.29 is 14.0 Å². The van der Waals surface area contributed by atoms with E-state index in [0.29, 0.717) is 19.3 Å². The number of nitrogens with zero attached hydrogens (tertiary/aromatic N) is 1. The van der Waals surface area contributed by atoms with Crippen molar-refractivity contribution >= 4 is 12.2 Å². The first-order valence-corrected chi connectivity index (χ1v) is 5.51. The van der Waals surface area contributed by atoms with E-state index in [1.165, 1.54) is 17.7 Å². The molecule has 0 bridgehead atoms. The molecule has 0 aliphatic carbocycles. The van der Waals surface area contributed by atoms with Gasteiger partial charge in [-0.1, -0.05) is 26.7 Å². The van der Waals surface area contributed by atoms with Gasteiger partial charge >= 0.3 is 0 Å². The Bertz CT molecular complexity index is 195. The van der Waals surface area contributed by atoms with Gasteiger partial charge < -0.3 is 9.69 Å². The van der Waals surface area contributed by atoms with E-state index in [2.05, 4.69) is 13.8 Å². The Labute approximate surface area is 90.6 Å². The van der Waals surface area contributed by atoms with Gasteiger partial charge in [0, 0.05) is 6.54 Å². The van der Waals surface area contributed by atoms with Gasteiger partial charge in [0.25, 0.3) is 5.91 Å². The summed E-state index contributed by atoms with van der Waals surface area (Å²) in [5.41, 5.74) is 0. The third kappa shape index (κ3) is 4.91. The van der Waals surface area contributed by atoms with Crippen LogP contribution in [0.2, 0.25) is 0 Å². The fourth-order valence-corrected chi connectivity index (χ4v) is 1.32. The number of rotatable bonds is 3. The van der Waals surface area contributed by atoms with Crippen molar-refractivity contribution in [3.8, 4) is 0 Å². The second kappa shape index (κ2) is 8.38. The molecule has 1 aliphatic heterocycles. The third-order valence-corrected chi connectivity index (χ3v) is 2.39. The first kappa shape index (κ1) is 14.1. The number of halogens is 1. The molecule has 0 saturated carbocycles. The summed E-state index contributed by atoms with van der Waals surface area (Å²) in [5, 5.41) is 0. The van der Waals surface area contributed by atoms with E-state index >= 15 is 0 Å². The average molecular weight is 217 g/mol. The van der Waals surface area contributed by atoms with Gasteiger partial charge in [-0.2, -0.15) is 0 Å². The molecule has 15 heavy (non-hydrogen) atoms. The van der Waals surface area contributed by atoms with Gasteiger partial charge in [0.1, 0.15) is 6.29 Å². The van der Waals surface area contributed by atoms with Crippen molar-refractivity contribution in [2.45, 2.75) is 45.6 Å². The molecule has 1 atom stereocenters. The SMILES string of the molecule is CCCC.O=CC1CCCN1C(=O)CF. The van der Waals surface area contributed by atoms with Crippen LogP contribution >= 0.6 is 0 Å². The number of unbranched alkanes of at least 4 members (excludes halogenated alkanes) is 1. The Morgan fingerprint density at radius 3 is 2.47 bits per heavy atom. The van der Waals surface area contributed by atoms with Crippen LogP contribution in [-0.4, -0.2) is 36.4 Å². The first-order valence-electron chi connectivity index (χ1n) is 5.51. The molecule has 0 N–H and O–H groups in total. The lowest BCUT2D eigenvalue weighted by Crippen LogP contribution is -2.37. The fourth-order valence-electron chi connectivity index (χ4n) is 1.32. The van der Waals surface area contributed by atoms with E-state index in [9.17, 15) is 14.0 Å².